The molecule has 4 aliphatic rings. The highest BCUT2D eigenvalue weighted by atomic mass is 127. The lowest BCUT2D eigenvalue weighted by Crippen LogP contribution is -2.53. The SMILES string of the molecule is O=C1C2C=C(I)C(CC2OCCCCCCO)[C@@]12CO2. The number of carbonyl (C=O) groups is 1. The fourth-order valence-corrected chi connectivity index (χ4v) is 4.54. The fourth-order valence-electron chi connectivity index (χ4n) is 3.39. The third-order valence-electron chi connectivity index (χ3n) is 4.66. The highest BCUT2D eigenvalue weighted by molar-refractivity contribution is 14.1. The summed E-state index contributed by atoms with van der Waals surface area (Å²) in [4.78, 5) is 12.4. The number of ether oxygens (including phenoxy) is 2. The zero-order valence-electron chi connectivity index (χ0n) is 11.5. The molecule has 1 saturated heterocycles. The van der Waals surface area contributed by atoms with Gasteiger partial charge in [0, 0.05) is 19.1 Å². The van der Waals surface area contributed by atoms with Crippen molar-refractivity contribution in [2.75, 3.05) is 19.8 Å². The summed E-state index contributed by atoms with van der Waals surface area (Å²) in [6, 6.07) is 0. The van der Waals surface area contributed by atoms with Crippen molar-refractivity contribution in [3.8, 4) is 0 Å². The Morgan fingerprint density at radius 1 is 1.40 bits per heavy atom. The predicted molar refractivity (Wildman–Crippen MR) is 82.7 cm³/mol. The van der Waals surface area contributed by atoms with Crippen LogP contribution in [0.1, 0.15) is 32.1 Å². The van der Waals surface area contributed by atoms with E-state index in [1.807, 2.05) is 0 Å². The van der Waals surface area contributed by atoms with Crippen molar-refractivity contribution in [2.24, 2.45) is 11.8 Å². The summed E-state index contributed by atoms with van der Waals surface area (Å²) in [7, 11) is 0. The molecular weight excluding hydrogens is 371 g/mol. The molecule has 4 atom stereocenters. The number of rotatable bonds is 7. The largest absolute Gasteiger partial charge is 0.396 e. The first kappa shape index (κ1) is 14.9. The second-order valence-electron chi connectivity index (χ2n) is 5.96. The number of hydrogen-bond acceptors (Lipinski definition) is 4. The predicted octanol–water partition coefficient (Wildman–Crippen LogP) is 2.23. The van der Waals surface area contributed by atoms with Gasteiger partial charge in [0.25, 0.3) is 0 Å². The molecule has 112 valence electrons. The second kappa shape index (κ2) is 6.02. The minimum Gasteiger partial charge on any atom is -0.396 e. The van der Waals surface area contributed by atoms with Crippen LogP contribution < -0.4 is 0 Å². The van der Waals surface area contributed by atoms with Crippen molar-refractivity contribution in [2.45, 2.75) is 43.8 Å². The lowest BCUT2D eigenvalue weighted by Gasteiger charge is -2.42. The highest BCUT2D eigenvalue weighted by Crippen LogP contribution is 2.55. The minimum atomic E-state index is -0.475. The summed E-state index contributed by atoms with van der Waals surface area (Å²) < 4.78 is 12.7. The molecule has 1 saturated carbocycles. The summed E-state index contributed by atoms with van der Waals surface area (Å²) in [6.45, 7) is 1.58. The number of ketones is 1. The van der Waals surface area contributed by atoms with Gasteiger partial charge in [0.1, 0.15) is 0 Å². The summed E-state index contributed by atoms with van der Waals surface area (Å²) in [5.41, 5.74) is -0.475. The van der Waals surface area contributed by atoms with Gasteiger partial charge in [-0.1, -0.05) is 18.9 Å². The monoisotopic (exact) mass is 392 g/mol. The molecule has 0 aromatic heterocycles. The van der Waals surface area contributed by atoms with Crippen molar-refractivity contribution in [1.29, 1.82) is 0 Å². The molecule has 4 rings (SSSR count). The van der Waals surface area contributed by atoms with Gasteiger partial charge in [-0.3, -0.25) is 4.79 Å². The van der Waals surface area contributed by atoms with Crippen molar-refractivity contribution in [1.82, 2.24) is 0 Å². The Morgan fingerprint density at radius 3 is 2.85 bits per heavy atom. The normalized spacial score (nSPS) is 38.4. The molecule has 2 fully saturated rings. The van der Waals surface area contributed by atoms with E-state index in [-0.39, 0.29) is 30.3 Å². The van der Waals surface area contributed by atoms with Gasteiger partial charge in [-0.05, 0) is 45.4 Å². The van der Waals surface area contributed by atoms with Crippen LogP contribution in [0.25, 0.3) is 0 Å². The van der Waals surface area contributed by atoms with E-state index in [2.05, 4.69) is 28.7 Å². The molecular formula is C15H21IO4. The molecule has 1 N–H and O–H groups in total. The van der Waals surface area contributed by atoms with Gasteiger partial charge in [-0.25, -0.2) is 0 Å². The van der Waals surface area contributed by atoms with E-state index in [1.165, 1.54) is 3.58 Å². The highest BCUT2D eigenvalue weighted by Gasteiger charge is 2.66. The Hall–Kier alpha value is 0.0200. The number of fused-ring (bicyclic) bond motifs is 1. The Balaban J connectivity index is 1.50. The number of epoxide rings is 1. The molecule has 2 bridgehead atoms. The maximum Gasteiger partial charge on any atom is 0.177 e. The van der Waals surface area contributed by atoms with Gasteiger partial charge < -0.3 is 14.6 Å². The van der Waals surface area contributed by atoms with Crippen LogP contribution in [0.2, 0.25) is 0 Å². The molecule has 4 nitrogen and oxygen atoms in total. The third-order valence-corrected chi connectivity index (χ3v) is 5.77. The number of aliphatic hydroxyl groups is 1. The molecule has 3 aliphatic carbocycles. The van der Waals surface area contributed by atoms with Crippen molar-refractivity contribution < 1.29 is 19.4 Å². The van der Waals surface area contributed by atoms with Gasteiger partial charge in [0.2, 0.25) is 0 Å². The van der Waals surface area contributed by atoms with Crippen molar-refractivity contribution in [3.63, 3.8) is 0 Å². The fraction of sp³-hybridized carbons (Fsp3) is 0.800. The maximum absolute atomic E-state index is 12.4. The Labute approximate surface area is 133 Å². The molecule has 0 amide bonds. The molecule has 20 heavy (non-hydrogen) atoms. The van der Waals surface area contributed by atoms with E-state index in [9.17, 15) is 4.79 Å². The molecule has 0 radical (unpaired) electrons. The van der Waals surface area contributed by atoms with Crippen LogP contribution in [0, 0.1) is 11.8 Å². The molecule has 5 heteroatoms. The first-order valence-corrected chi connectivity index (χ1v) is 8.55. The number of Topliss-reactive ketones (excluding diaryl/α,β-unsaturated/α-hetero) is 1. The second-order valence-corrected chi connectivity index (χ2v) is 7.20. The van der Waals surface area contributed by atoms with E-state index < -0.39 is 5.60 Å². The number of unbranched alkanes of at least 4 members (excludes halogenated alkanes) is 3. The summed E-state index contributed by atoms with van der Waals surface area (Å²) >= 11 is 2.34. The van der Waals surface area contributed by atoms with Gasteiger partial charge >= 0.3 is 0 Å². The van der Waals surface area contributed by atoms with Crippen molar-refractivity contribution in [3.05, 3.63) is 9.66 Å². The lowest BCUT2D eigenvalue weighted by molar-refractivity contribution is -0.140. The molecule has 3 unspecified atom stereocenters. The quantitative estimate of drug-likeness (QED) is 0.410. The van der Waals surface area contributed by atoms with E-state index in [0.717, 1.165) is 32.1 Å². The molecule has 1 heterocycles. The molecule has 0 aromatic rings. The lowest BCUT2D eigenvalue weighted by atomic mass is 9.66. The number of aliphatic hydroxyl groups excluding tert-OH is 1. The Morgan fingerprint density at radius 2 is 2.15 bits per heavy atom. The molecule has 0 aromatic carbocycles. The van der Waals surface area contributed by atoms with E-state index in [1.54, 1.807) is 0 Å². The van der Waals surface area contributed by atoms with Crippen LogP contribution in [0.5, 0.6) is 0 Å². The van der Waals surface area contributed by atoms with Gasteiger partial charge in [-0.2, -0.15) is 0 Å². The third kappa shape index (κ3) is 2.58. The van der Waals surface area contributed by atoms with Gasteiger partial charge in [0.05, 0.1) is 18.6 Å². The van der Waals surface area contributed by atoms with E-state index in [0.29, 0.717) is 13.2 Å². The van der Waals surface area contributed by atoms with Crippen LogP contribution in [-0.2, 0) is 14.3 Å². The van der Waals surface area contributed by atoms with Crippen LogP contribution in [-0.4, -0.2) is 42.4 Å². The first-order valence-electron chi connectivity index (χ1n) is 7.47. The minimum absolute atomic E-state index is 0.0404. The van der Waals surface area contributed by atoms with Crippen LogP contribution in [0.3, 0.4) is 0 Å². The number of hydrogen-bond donors (Lipinski definition) is 1. The zero-order valence-corrected chi connectivity index (χ0v) is 13.7. The molecule has 1 aliphatic heterocycles. The smallest absolute Gasteiger partial charge is 0.177 e. The summed E-state index contributed by atoms with van der Waals surface area (Å²) in [5.74, 6) is 0.353. The number of carbonyl (C=O) groups excluding carboxylic acids is 1. The van der Waals surface area contributed by atoms with Gasteiger partial charge in [-0.15, -0.1) is 0 Å². The Bertz CT molecular complexity index is 416. The number of halogens is 1. The first-order chi connectivity index (χ1) is 9.69. The van der Waals surface area contributed by atoms with Crippen LogP contribution in [0.15, 0.2) is 9.66 Å². The Kier molecular flexibility index (Phi) is 4.50. The summed E-state index contributed by atoms with van der Waals surface area (Å²) in [6.07, 6.45) is 7.04. The van der Waals surface area contributed by atoms with E-state index >= 15 is 0 Å². The topological polar surface area (TPSA) is 59.1 Å². The zero-order chi connectivity index (χ0) is 14.2. The average molecular weight is 392 g/mol. The standard InChI is InChI=1S/C15H21IO4/c16-12-7-10-13(19-6-4-2-1-3-5-17)8-11(12)15(9-20-15)14(10)18/h7,10-11,13,17H,1-6,8-9H2/t10?,11?,13?,15-/m0/s1. The summed E-state index contributed by atoms with van der Waals surface area (Å²) in [5, 5.41) is 8.72. The van der Waals surface area contributed by atoms with Gasteiger partial charge in [0.15, 0.2) is 11.4 Å². The van der Waals surface area contributed by atoms with E-state index in [4.69, 9.17) is 14.6 Å². The van der Waals surface area contributed by atoms with Crippen LogP contribution >= 0.6 is 22.6 Å². The molecule has 1 spiro atoms. The average Bonchev–Trinajstić information content (AvgIpc) is 3.22. The van der Waals surface area contributed by atoms with Crippen LogP contribution in [0.4, 0.5) is 0 Å². The maximum atomic E-state index is 12.4. The van der Waals surface area contributed by atoms with Crippen molar-refractivity contribution >= 4 is 28.4 Å².